The van der Waals surface area contributed by atoms with Gasteiger partial charge in [0.2, 0.25) is 0 Å². The van der Waals surface area contributed by atoms with Crippen molar-refractivity contribution in [2.24, 2.45) is 5.92 Å². The van der Waals surface area contributed by atoms with Gasteiger partial charge in [-0.05, 0) is 37.3 Å². The molecule has 0 radical (unpaired) electrons. The van der Waals surface area contributed by atoms with E-state index in [1.165, 1.54) is 0 Å². The molecule has 1 aliphatic heterocycles. The third kappa shape index (κ3) is 2.71. The molecule has 1 amide bonds. The standard InChI is InChI=1S/C17H26N2O2/c1-5-17(6-2)16(20)19(11-10-12(3)4)15-13(18)8-7-9-14(15)21-17/h7-9,12H,5-6,10-11,18H2,1-4H3. The van der Waals surface area contributed by atoms with Crippen molar-refractivity contribution in [1.82, 2.24) is 0 Å². The van der Waals surface area contributed by atoms with E-state index in [4.69, 9.17) is 10.5 Å². The van der Waals surface area contributed by atoms with Gasteiger partial charge in [0, 0.05) is 6.54 Å². The second-order valence-corrected chi connectivity index (χ2v) is 6.14. The monoisotopic (exact) mass is 290 g/mol. The highest BCUT2D eigenvalue weighted by Gasteiger charge is 2.46. The Morgan fingerprint density at radius 3 is 2.52 bits per heavy atom. The summed E-state index contributed by atoms with van der Waals surface area (Å²) in [6.07, 6.45) is 2.27. The number of nitrogen functional groups attached to an aromatic ring is 1. The van der Waals surface area contributed by atoms with Gasteiger partial charge in [-0.2, -0.15) is 0 Å². The molecule has 2 rings (SSSR count). The maximum absolute atomic E-state index is 13.0. The highest BCUT2D eigenvalue weighted by Crippen LogP contribution is 2.43. The smallest absolute Gasteiger partial charge is 0.271 e. The Balaban J connectivity index is 2.47. The summed E-state index contributed by atoms with van der Waals surface area (Å²) in [7, 11) is 0. The Kier molecular flexibility index (Phi) is 4.45. The highest BCUT2D eigenvalue weighted by atomic mass is 16.5. The minimum Gasteiger partial charge on any atom is -0.475 e. The number of carbonyl (C=O) groups excluding carboxylic acids is 1. The van der Waals surface area contributed by atoms with Crippen LogP contribution in [0.1, 0.15) is 47.0 Å². The van der Waals surface area contributed by atoms with E-state index in [0.717, 1.165) is 17.9 Å². The summed E-state index contributed by atoms with van der Waals surface area (Å²) in [6, 6.07) is 5.60. The topological polar surface area (TPSA) is 55.6 Å². The fourth-order valence-electron chi connectivity index (χ4n) is 2.81. The van der Waals surface area contributed by atoms with E-state index in [1.54, 1.807) is 0 Å². The Morgan fingerprint density at radius 1 is 1.29 bits per heavy atom. The van der Waals surface area contributed by atoms with Gasteiger partial charge < -0.3 is 15.4 Å². The molecule has 0 saturated heterocycles. The molecule has 1 aliphatic rings. The van der Waals surface area contributed by atoms with Crippen LogP contribution >= 0.6 is 0 Å². The molecule has 0 bridgehead atoms. The van der Waals surface area contributed by atoms with E-state index in [9.17, 15) is 4.79 Å². The van der Waals surface area contributed by atoms with E-state index in [1.807, 2.05) is 36.9 Å². The van der Waals surface area contributed by atoms with Gasteiger partial charge >= 0.3 is 0 Å². The maximum Gasteiger partial charge on any atom is 0.271 e. The molecule has 4 nitrogen and oxygen atoms in total. The number of carbonyl (C=O) groups is 1. The van der Waals surface area contributed by atoms with E-state index in [0.29, 0.717) is 31.0 Å². The molecule has 2 N–H and O–H groups in total. The van der Waals surface area contributed by atoms with Crippen molar-refractivity contribution >= 4 is 17.3 Å². The molecule has 0 saturated carbocycles. The number of hydrogen-bond acceptors (Lipinski definition) is 3. The summed E-state index contributed by atoms with van der Waals surface area (Å²) in [5, 5.41) is 0. The number of hydrogen-bond donors (Lipinski definition) is 1. The zero-order chi connectivity index (χ0) is 15.6. The first-order chi connectivity index (χ1) is 9.95. The van der Waals surface area contributed by atoms with E-state index in [2.05, 4.69) is 13.8 Å². The fraction of sp³-hybridized carbons (Fsp3) is 0.588. The molecule has 1 aromatic carbocycles. The second kappa shape index (κ2) is 5.96. The van der Waals surface area contributed by atoms with Gasteiger partial charge in [-0.15, -0.1) is 0 Å². The van der Waals surface area contributed by atoms with Crippen LogP contribution in [-0.2, 0) is 4.79 Å². The van der Waals surface area contributed by atoms with Crippen LogP contribution in [0.2, 0.25) is 0 Å². The quantitative estimate of drug-likeness (QED) is 0.843. The molecular formula is C17H26N2O2. The zero-order valence-corrected chi connectivity index (χ0v) is 13.5. The van der Waals surface area contributed by atoms with Crippen molar-refractivity contribution in [2.75, 3.05) is 17.2 Å². The lowest BCUT2D eigenvalue weighted by Crippen LogP contribution is -2.56. The lowest BCUT2D eigenvalue weighted by atomic mass is 9.92. The van der Waals surface area contributed by atoms with Crippen molar-refractivity contribution in [3.63, 3.8) is 0 Å². The Morgan fingerprint density at radius 2 is 1.95 bits per heavy atom. The van der Waals surface area contributed by atoms with Crippen LogP contribution in [-0.4, -0.2) is 18.1 Å². The molecule has 1 heterocycles. The Labute approximate surface area is 127 Å². The third-order valence-corrected chi connectivity index (χ3v) is 4.31. The van der Waals surface area contributed by atoms with Crippen molar-refractivity contribution in [3.8, 4) is 5.75 Å². The van der Waals surface area contributed by atoms with Crippen molar-refractivity contribution in [2.45, 2.75) is 52.6 Å². The number of amides is 1. The van der Waals surface area contributed by atoms with Gasteiger partial charge in [0.25, 0.3) is 5.91 Å². The number of benzene rings is 1. The minimum absolute atomic E-state index is 0.0403. The predicted molar refractivity (Wildman–Crippen MR) is 86.6 cm³/mol. The molecule has 21 heavy (non-hydrogen) atoms. The summed E-state index contributed by atoms with van der Waals surface area (Å²) in [4.78, 5) is 14.8. The lowest BCUT2D eigenvalue weighted by molar-refractivity contribution is -0.136. The number of ether oxygens (including phenoxy) is 1. The van der Waals surface area contributed by atoms with Gasteiger partial charge in [-0.3, -0.25) is 4.79 Å². The van der Waals surface area contributed by atoms with Gasteiger partial charge in [0.1, 0.15) is 11.4 Å². The van der Waals surface area contributed by atoms with E-state index >= 15 is 0 Å². The molecule has 0 atom stereocenters. The van der Waals surface area contributed by atoms with Gasteiger partial charge in [-0.25, -0.2) is 0 Å². The summed E-state index contributed by atoms with van der Waals surface area (Å²) in [6.45, 7) is 9.00. The van der Waals surface area contributed by atoms with Crippen LogP contribution in [0.25, 0.3) is 0 Å². The number of anilines is 2. The number of rotatable bonds is 5. The minimum atomic E-state index is -0.752. The maximum atomic E-state index is 13.0. The van der Waals surface area contributed by atoms with Crippen molar-refractivity contribution in [3.05, 3.63) is 18.2 Å². The molecule has 0 unspecified atom stereocenters. The van der Waals surface area contributed by atoms with Crippen molar-refractivity contribution in [1.29, 1.82) is 0 Å². The SMILES string of the molecule is CCC1(CC)Oc2cccc(N)c2N(CCC(C)C)C1=O. The van der Waals surface area contributed by atoms with Crippen LogP contribution in [0.4, 0.5) is 11.4 Å². The number of para-hydroxylation sites is 1. The molecule has 116 valence electrons. The summed E-state index contributed by atoms with van der Waals surface area (Å²) >= 11 is 0. The fourth-order valence-corrected chi connectivity index (χ4v) is 2.81. The van der Waals surface area contributed by atoms with Crippen LogP contribution in [0, 0.1) is 5.92 Å². The normalized spacial score (nSPS) is 16.8. The van der Waals surface area contributed by atoms with Crippen LogP contribution < -0.4 is 15.4 Å². The molecule has 0 aromatic heterocycles. The number of nitrogens with zero attached hydrogens (tertiary/aromatic N) is 1. The van der Waals surface area contributed by atoms with Crippen LogP contribution in [0.3, 0.4) is 0 Å². The molecular weight excluding hydrogens is 264 g/mol. The second-order valence-electron chi connectivity index (χ2n) is 6.14. The van der Waals surface area contributed by atoms with Gasteiger partial charge in [0.15, 0.2) is 5.60 Å². The average molecular weight is 290 g/mol. The summed E-state index contributed by atoms with van der Waals surface area (Å²) < 4.78 is 6.08. The Hall–Kier alpha value is -1.71. The summed E-state index contributed by atoms with van der Waals surface area (Å²) in [5.41, 5.74) is 6.68. The lowest BCUT2D eigenvalue weighted by Gasteiger charge is -2.42. The van der Waals surface area contributed by atoms with E-state index in [-0.39, 0.29) is 5.91 Å². The zero-order valence-electron chi connectivity index (χ0n) is 13.5. The molecule has 0 fully saturated rings. The molecule has 4 heteroatoms. The first-order valence-corrected chi connectivity index (χ1v) is 7.84. The largest absolute Gasteiger partial charge is 0.475 e. The van der Waals surface area contributed by atoms with Crippen LogP contribution in [0.5, 0.6) is 5.75 Å². The molecule has 0 spiro atoms. The number of fused-ring (bicyclic) bond motifs is 1. The molecule has 1 aromatic rings. The Bertz CT molecular complexity index is 522. The first kappa shape index (κ1) is 15.7. The molecule has 0 aliphatic carbocycles. The third-order valence-electron chi connectivity index (χ3n) is 4.31. The van der Waals surface area contributed by atoms with Crippen LogP contribution in [0.15, 0.2) is 18.2 Å². The first-order valence-electron chi connectivity index (χ1n) is 7.84. The summed E-state index contributed by atoms with van der Waals surface area (Å²) in [5.74, 6) is 1.30. The number of nitrogens with two attached hydrogens (primary N) is 1. The average Bonchev–Trinajstić information content (AvgIpc) is 2.46. The predicted octanol–water partition coefficient (Wildman–Crippen LogP) is 3.60. The van der Waals surface area contributed by atoms with Gasteiger partial charge in [-0.1, -0.05) is 33.8 Å². The van der Waals surface area contributed by atoms with Gasteiger partial charge in [0.05, 0.1) is 5.69 Å². The van der Waals surface area contributed by atoms with Crippen molar-refractivity contribution < 1.29 is 9.53 Å². The highest BCUT2D eigenvalue weighted by molar-refractivity contribution is 6.05. The van der Waals surface area contributed by atoms with E-state index < -0.39 is 5.60 Å².